The van der Waals surface area contributed by atoms with Crippen LogP contribution in [0.3, 0.4) is 0 Å². The number of aliphatic hydroxyl groups excluding tert-OH is 6. The molecule has 302 valence electrons. The van der Waals surface area contributed by atoms with Crippen LogP contribution >= 0.6 is 0 Å². The van der Waals surface area contributed by atoms with Gasteiger partial charge in [-0.2, -0.15) is 0 Å². The van der Waals surface area contributed by atoms with Gasteiger partial charge >= 0.3 is 5.97 Å². The molecule has 0 aromatic rings. The van der Waals surface area contributed by atoms with Gasteiger partial charge in [0.15, 0.2) is 12.6 Å². The lowest BCUT2D eigenvalue weighted by atomic mass is 9.91. The number of hydrogen-bond donors (Lipinski definition) is 8. The summed E-state index contributed by atoms with van der Waals surface area (Å²) in [4.78, 5) is 14.1. The normalized spacial score (nSPS) is 38.8. The maximum absolute atomic E-state index is 12.2. The summed E-state index contributed by atoms with van der Waals surface area (Å²) in [5.74, 6) is -0.650. The SMILES string of the molecule is CC.CC.CC1CC(N(C)C)C(O)C(O)O1.CC[C@H]1OC(=O)C(C)CCC[C@](C)(O)CCCNC(C)C(O)C1O.COC1CC(O)OCC1O. The Labute approximate surface area is 302 Å². The fourth-order valence-corrected chi connectivity index (χ4v) is 5.68. The molecule has 3 saturated heterocycles. The zero-order chi connectivity index (χ0) is 39.2. The second-order valence-corrected chi connectivity index (χ2v) is 13.5. The zero-order valence-corrected chi connectivity index (χ0v) is 33.1. The number of rotatable bonds is 3. The molecule has 0 amide bonds. The second kappa shape index (κ2) is 27.6. The largest absolute Gasteiger partial charge is 0.459 e. The third kappa shape index (κ3) is 19.7. The number of ether oxygens (including phenoxy) is 4. The third-order valence-electron chi connectivity index (χ3n) is 8.95. The Balaban J connectivity index is 0. The molecule has 13 atom stereocenters. The smallest absolute Gasteiger partial charge is 0.309 e. The van der Waals surface area contributed by atoms with Crippen LogP contribution in [-0.4, -0.2) is 154 Å². The highest BCUT2D eigenvalue weighted by molar-refractivity contribution is 5.72. The number of cyclic esters (lactones) is 1. The van der Waals surface area contributed by atoms with Crippen molar-refractivity contribution >= 4 is 5.97 Å². The molecular weight excluding hydrogens is 652 g/mol. The Morgan fingerprint density at radius 3 is 2.02 bits per heavy atom. The number of nitrogens with one attached hydrogen (secondary N) is 1. The fourth-order valence-electron chi connectivity index (χ4n) is 5.68. The van der Waals surface area contributed by atoms with Crippen molar-refractivity contribution in [3.05, 3.63) is 0 Å². The molecule has 3 fully saturated rings. The highest BCUT2D eigenvalue weighted by Crippen LogP contribution is 2.24. The van der Waals surface area contributed by atoms with Crippen molar-refractivity contribution in [3.63, 3.8) is 0 Å². The third-order valence-corrected chi connectivity index (χ3v) is 8.95. The second-order valence-electron chi connectivity index (χ2n) is 13.5. The number of methoxy groups -OCH3 is 1. The van der Waals surface area contributed by atoms with Crippen LogP contribution < -0.4 is 5.32 Å². The van der Waals surface area contributed by atoms with E-state index in [2.05, 4.69) is 5.32 Å². The van der Waals surface area contributed by atoms with Gasteiger partial charge in [-0.3, -0.25) is 4.79 Å². The van der Waals surface area contributed by atoms with Gasteiger partial charge in [-0.1, -0.05) is 41.5 Å². The molecule has 3 heterocycles. The fraction of sp³-hybridized carbons (Fsp3) is 0.972. The number of carbonyl (C=O) groups is 1. The van der Waals surface area contributed by atoms with Crippen LogP contribution in [0, 0.1) is 5.92 Å². The quantitative estimate of drug-likeness (QED) is 0.195. The predicted molar refractivity (Wildman–Crippen MR) is 193 cm³/mol. The van der Waals surface area contributed by atoms with E-state index in [4.69, 9.17) is 29.2 Å². The zero-order valence-electron chi connectivity index (χ0n) is 33.1. The van der Waals surface area contributed by atoms with Crippen molar-refractivity contribution in [2.24, 2.45) is 5.92 Å². The number of carbonyl (C=O) groups excluding carboxylic acids is 1. The van der Waals surface area contributed by atoms with E-state index in [1.165, 1.54) is 7.11 Å². The summed E-state index contributed by atoms with van der Waals surface area (Å²) in [7, 11) is 5.28. The Morgan fingerprint density at radius 1 is 0.920 bits per heavy atom. The molecule has 0 aromatic heterocycles. The molecule has 0 aliphatic carbocycles. The van der Waals surface area contributed by atoms with Crippen molar-refractivity contribution in [1.82, 2.24) is 10.2 Å². The van der Waals surface area contributed by atoms with E-state index in [1.54, 1.807) is 13.8 Å². The lowest BCUT2D eigenvalue weighted by Crippen LogP contribution is -2.53. The molecule has 14 nitrogen and oxygen atoms in total. The molecule has 3 aliphatic heterocycles. The van der Waals surface area contributed by atoms with Gasteiger partial charge in [0, 0.05) is 25.6 Å². The van der Waals surface area contributed by atoms with E-state index in [0.29, 0.717) is 38.6 Å². The summed E-state index contributed by atoms with van der Waals surface area (Å²) in [5, 5.41) is 71.1. The molecule has 50 heavy (non-hydrogen) atoms. The minimum atomic E-state index is -1.12. The number of hydrogen-bond acceptors (Lipinski definition) is 14. The van der Waals surface area contributed by atoms with Crippen molar-refractivity contribution in [1.29, 1.82) is 0 Å². The van der Waals surface area contributed by atoms with E-state index in [9.17, 15) is 30.3 Å². The van der Waals surface area contributed by atoms with Gasteiger partial charge in [0.05, 0.1) is 36.4 Å². The Kier molecular flexibility index (Phi) is 28.2. The van der Waals surface area contributed by atoms with Crippen LogP contribution in [0.25, 0.3) is 0 Å². The maximum atomic E-state index is 12.2. The first-order valence-electron chi connectivity index (χ1n) is 18.6. The summed E-state index contributed by atoms with van der Waals surface area (Å²) >= 11 is 0. The first-order chi connectivity index (χ1) is 23.4. The Hall–Kier alpha value is -1.01. The molecule has 0 bridgehead atoms. The van der Waals surface area contributed by atoms with E-state index in [1.807, 2.05) is 67.5 Å². The molecule has 3 rings (SSSR count). The van der Waals surface area contributed by atoms with Crippen molar-refractivity contribution < 1.29 is 59.5 Å². The van der Waals surface area contributed by atoms with Crippen LogP contribution in [0.2, 0.25) is 0 Å². The predicted octanol–water partition coefficient (Wildman–Crippen LogP) is 1.92. The van der Waals surface area contributed by atoms with Crippen molar-refractivity contribution in [2.75, 3.05) is 34.4 Å². The molecule has 0 aromatic carbocycles. The summed E-state index contributed by atoms with van der Waals surface area (Å²) < 4.78 is 20.1. The topological polar surface area (TPSA) is 211 Å². The van der Waals surface area contributed by atoms with E-state index in [0.717, 1.165) is 19.3 Å². The summed E-state index contributed by atoms with van der Waals surface area (Å²) in [6.07, 6.45) is -1.36. The number of nitrogens with zero attached hydrogens (tertiary/aromatic N) is 1. The highest BCUT2D eigenvalue weighted by Gasteiger charge is 2.36. The first-order valence-corrected chi connectivity index (χ1v) is 18.6. The Bertz CT molecular complexity index is 839. The first kappa shape index (κ1) is 51.1. The lowest BCUT2D eigenvalue weighted by Gasteiger charge is -2.38. The highest BCUT2D eigenvalue weighted by atomic mass is 16.6. The van der Waals surface area contributed by atoms with Crippen LogP contribution in [0.4, 0.5) is 0 Å². The van der Waals surface area contributed by atoms with Crippen molar-refractivity contribution in [2.45, 2.75) is 187 Å². The van der Waals surface area contributed by atoms with Gasteiger partial charge in [-0.15, -0.1) is 0 Å². The average molecular weight is 729 g/mol. The van der Waals surface area contributed by atoms with Gasteiger partial charge in [0.2, 0.25) is 0 Å². The molecule has 0 spiro atoms. The van der Waals surface area contributed by atoms with Gasteiger partial charge in [0.1, 0.15) is 24.4 Å². The summed E-state index contributed by atoms with van der Waals surface area (Å²) in [6, 6.07) is -0.344. The molecule has 11 unspecified atom stereocenters. The van der Waals surface area contributed by atoms with E-state index >= 15 is 0 Å². The number of likely N-dealkylation sites (N-methyl/N-ethyl adjacent to an activating group) is 1. The molecule has 0 radical (unpaired) electrons. The van der Waals surface area contributed by atoms with E-state index < -0.39 is 48.7 Å². The van der Waals surface area contributed by atoms with Crippen LogP contribution in [0.1, 0.15) is 114 Å². The van der Waals surface area contributed by atoms with Crippen LogP contribution in [0.15, 0.2) is 0 Å². The van der Waals surface area contributed by atoms with Crippen LogP contribution in [-0.2, 0) is 23.7 Å². The molecule has 14 heteroatoms. The molecule has 3 aliphatic rings. The molecule has 8 N–H and O–H groups in total. The monoisotopic (exact) mass is 729 g/mol. The molecular formula is C36H76N2O12. The van der Waals surface area contributed by atoms with Gasteiger partial charge < -0.3 is 64.9 Å². The minimum Gasteiger partial charge on any atom is -0.459 e. The minimum absolute atomic E-state index is 0.01000. The number of aliphatic hydroxyl groups is 7. The number of esters is 1. The van der Waals surface area contributed by atoms with Crippen LogP contribution in [0.5, 0.6) is 0 Å². The maximum Gasteiger partial charge on any atom is 0.309 e. The average Bonchev–Trinajstić information content (AvgIpc) is 3.09. The standard InChI is InChI=1S/C18H35NO5.C8H17NO3.C6H12O4.2C2H6/c1-5-14-16(21)15(20)13(3)19-11-7-10-18(4,23)9-6-8-12(2)17(22)24-14;1-5-4-6(9(2)3)7(10)8(11)12-5;1-9-5-2-6(8)10-3-4(5)7;2*1-2/h12-16,19-21,23H,5-11H2,1-4H3;5-8,10-11H,4H2,1-3H3;4-8H,2-3H2,1H3;2*1-2H3/t12?,13?,14-,15?,16?,18+;;;;/m1..../s1. The van der Waals surface area contributed by atoms with Gasteiger partial charge in [0.25, 0.3) is 0 Å². The summed E-state index contributed by atoms with van der Waals surface area (Å²) in [5.41, 5.74) is -0.751. The Morgan fingerprint density at radius 2 is 1.50 bits per heavy atom. The van der Waals surface area contributed by atoms with Gasteiger partial charge in [-0.25, -0.2) is 0 Å². The van der Waals surface area contributed by atoms with Gasteiger partial charge in [-0.05, 0) is 86.4 Å². The van der Waals surface area contributed by atoms with Crippen molar-refractivity contribution in [3.8, 4) is 0 Å². The molecule has 0 saturated carbocycles. The van der Waals surface area contributed by atoms with E-state index in [-0.39, 0.29) is 42.8 Å². The lowest BCUT2D eigenvalue weighted by molar-refractivity contribution is -0.230. The summed E-state index contributed by atoms with van der Waals surface area (Å²) in [6.45, 7) is 17.9.